The van der Waals surface area contributed by atoms with Crippen molar-refractivity contribution in [3.63, 3.8) is 0 Å². The zero-order valence-corrected chi connectivity index (χ0v) is 14.8. The third kappa shape index (κ3) is 3.64. The van der Waals surface area contributed by atoms with Gasteiger partial charge in [-0.1, -0.05) is 54.4 Å². The topological polar surface area (TPSA) is 26.0 Å². The van der Waals surface area contributed by atoms with Crippen molar-refractivity contribution in [3.05, 3.63) is 0 Å². The van der Waals surface area contributed by atoms with Gasteiger partial charge in [0.15, 0.2) is 0 Å². The Hall–Kier alpha value is -0.263. The minimum Gasteiger partial charge on any atom is -0.327 e. The molecule has 0 spiro atoms. The molecule has 1 nitrogen and oxygen atoms in total. The Bertz CT molecular complexity index is 313. The van der Waals surface area contributed by atoms with E-state index in [-0.39, 0.29) is 0 Å². The van der Waals surface area contributed by atoms with Crippen molar-refractivity contribution in [1.29, 1.82) is 0 Å². The molecule has 0 aliphatic heterocycles. The molecule has 1 aliphatic rings. The van der Waals surface area contributed by atoms with Gasteiger partial charge in [0.1, 0.15) is 8.07 Å². The predicted molar refractivity (Wildman–Crippen MR) is 88.8 cm³/mol. The lowest BCUT2D eigenvalue weighted by Gasteiger charge is -2.38. The van der Waals surface area contributed by atoms with E-state index in [2.05, 4.69) is 53.0 Å². The number of hydrogen-bond acceptors (Lipinski definition) is 1. The van der Waals surface area contributed by atoms with Crippen LogP contribution in [0.4, 0.5) is 0 Å². The van der Waals surface area contributed by atoms with E-state index in [1.807, 2.05) is 0 Å². The third-order valence-electron chi connectivity index (χ3n) is 5.16. The first kappa shape index (κ1) is 16.8. The van der Waals surface area contributed by atoms with Crippen LogP contribution >= 0.6 is 0 Å². The Morgan fingerprint density at radius 2 is 1.37 bits per heavy atom. The lowest BCUT2D eigenvalue weighted by molar-refractivity contribution is 0.372. The number of hydrogen-bond donors (Lipinski definition) is 1. The molecule has 0 aromatic heterocycles. The van der Waals surface area contributed by atoms with Gasteiger partial charge in [0, 0.05) is 12.0 Å². The summed E-state index contributed by atoms with van der Waals surface area (Å²) in [5, 5.41) is 0. The zero-order chi connectivity index (χ0) is 14.6. The van der Waals surface area contributed by atoms with Gasteiger partial charge in [0.05, 0.1) is 0 Å². The van der Waals surface area contributed by atoms with Gasteiger partial charge >= 0.3 is 0 Å². The Morgan fingerprint density at radius 1 is 0.895 bits per heavy atom. The summed E-state index contributed by atoms with van der Waals surface area (Å²) in [6, 6.07) is 0.319. The van der Waals surface area contributed by atoms with Crippen LogP contribution in [0.5, 0.6) is 0 Å². The van der Waals surface area contributed by atoms with Crippen molar-refractivity contribution >= 4 is 8.07 Å². The SMILES string of the molecule is CC(C)[Si](C#CC1CCCCC1N)(C(C)C)C(C)C. The number of rotatable bonds is 3. The van der Waals surface area contributed by atoms with Gasteiger partial charge in [-0.25, -0.2) is 0 Å². The second-order valence-electron chi connectivity index (χ2n) is 7.22. The summed E-state index contributed by atoms with van der Waals surface area (Å²) in [5.41, 5.74) is 12.3. The highest BCUT2D eigenvalue weighted by Gasteiger charge is 2.41. The Morgan fingerprint density at radius 3 is 1.79 bits per heavy atom. The fourth-order valence-electron chi connectivity index (χ4n) is 3.99. The van der Waals surface area contributed by atoms with Crippen LogP contribution in [0.2, 0.25) is 16.6 Å². The van der Waals surface area contributed by atoms with Crippen LogP contribution < -0.4 is 5.73 Å². The van der Waals surface area contributed by atoms with Crippen molar-refractivity contribution in [2.24, 2.45) is 11.7 Å². The lowest BCUT2D eigenvalue weighted by Crippen LogP contribution is -2.43. The van der Waals surface area contributed by atoms with E-state index in [1.54, 1.807) is 0 Å². The summed E-state index contributed by atoms with van der Waals surface area (Å²) in [6.45, 7) is 14.3. The molecule has 110 valence electrons. The molecule has 2 heteroatoms. The molecule has 0 saturated heterocycles. The fourth-order valence-corrected chi connectivity index (χ4v) is 9.29. The molecule has 1 aliphatic carbocycles. The van der Waals surface area contributed by atoms with E-state index >= 15 is 0 Å². The summed E-state index contributed by atoms with van der Waals surface area (Å²) in [7, 11) is -1.56. The first-order valence-corrected chi connectivity index (χ1v) is 10.3. The van der Waals surface area contributed by atoms with Gasteiger partial charge in [0.25, 0.3) is 0 Å². The second-order valence-corrected chi connectivity index (χ2v) is 12.8. The van der Waals surface area contributed by atoms with Crippen LogP contribution in [0.25, 0.3) is 0 Å². The van der Waals surface area contributed by atoms with Crippen LogP contribution in [0.3, 0.4) is 0 Å². The summed E-state index contributed by atoms with van der Waals surface area (Å²) in [5.74, 6) is 4.10. The first-order valence-electron chi connectivity index (χ1n) is 8.10. The summed E-state index contributed by atoms with van der Waals surface area (Å²) < 4.78 is 0. The zero-order valence-electron chi connectivity index (χ0n) is 13.8. The van der Waals surface area contributed by atoms with Crippen molar-refractivity contribution in [3.8, 4) is 11.5 Å². The van der Waals surface area contributed by atoms with Crippen LogP contribution in [0, 0.1) is 17.4 Å². The van der Waals surface area contributed by atoms with Crippen molar-refractivity contribution in [2.75, 3.05) is 0 Å². The maximum absolute atomic E-state index is 6.25. The molecule has 19 heavy (non-hydrogen) atoms. The third-order valence-corrected chi connectivity index (χ3v) is 11.5. The van der Waals surface area contributed by atoms with E-state index in [0.717, 1.165) is 16.6 Å². The van der Waals surface area contributed by atoms with E-state index in [9.17, 15) is 0 Å². The van der Waals surface area contributed by atoms with E-state index in [0.29, 0.717) is 12.0 Å². The normalized spacial score (nSPS) is 24.7. The van der Waals surface area contributed by atoms with Gasteiger partial charge in [-0.05, 0) is 29.5 Å². The van der Waals surface area contributed by atoms with Crippen LogP contribution in [0.15, 0.2) is 0 Å². The smallest absolute Gasteiger partial charge is 0.145 e. The number of nitrogens with two attached hydrogens (primary N) is 1. The molecule has 1 rings (SSSR count). The highest BCUT2D eigenvalue weighted by atomic mass is 28.3. The molecule has 2 unspecified atom stereocenters. The van der Waals surface area contributed by atoms with Gasteiger partial charge < -0.3 is 5.73 Å². The van der Waals surface area contributed by atoms with Gasteiger partial charge in [-0.15, -0.1) is 11.5 Å². The lowest BCUT2D eigenvalue weighted by atomic mass is 9.86. The largest absolute Gasteiger partial charge is 0.327 e. The highest BCUT2D eigenvalue weighted by Crippen LogP contribution is 2.41. The second kappa shape index (κ2) is 6.95. The van der Waals surface area contributed by atoms with Crippen molar-refractivity contribution in [2.45, 2.75) is 89.9 Å². The molecular formula is C17H33NSi. The molecule has 0 heterocycles. The van der Waals surface area contributed by atoms with Crippen molar-refractivity contribution < 1.29 is 0 Å². The molecule has 1 fully saturated rings. The Labute approximate surface area is 121 Å². The van der Waals surface area contributed by atoms with Crippen LogP contribution in [-0.2, 0) is 0 Å². The van der Waals surface area contributed by atoms with Gasteiger partial charge in [-0.2, -0.15) is 0 Å². The molecule has 0 bridgehead atoms. The van der Waals surface area contributed by atoms with E-state index < -0.39 is 8.07 Å². The van der Waals surface area contributed by atoms with Gasteiger partial charge in [-0.3, -0.25) is 0 Å². The fraction of sp³-hybridized carbons (Fsp3) is 0.882. The molecule has 0 radical (unpaired) electrons. The standard InChI is InChI=1S/C17H33NSi/c1-13(2)19(14(3)4,15(5)6)12-11-16-9-7-8-10-17(16)18/h13-17H,7-10,18H2,1-6H3. The van der Waals surface area contributed by atoms with Gasteiger partial charge in [0.2, 0.25) is 0 Å². The summed E-state index contributed by atoms with van der Waals surface area (Å²) in [6.07, 6.45) is 4.99. The molecule has 2 atom stereocenters. The monoisotopic (exact) mass is 279 g/mol. The maximum atomic E-state index is 6.25. The molecular weight excluding hydrogens is 246 g/mol. The summed E-state index contributed by atoms with van der Waals surface area (Å²) >= 11 is 0. The molecule has 0 aromatic rings. The molecule has 0 amide bonds. The quantitative estimate of drug-likeness (QED) is 0.587. The van der Waals surface area contributed by atoms with E-state index in [1.165, 1.54) is 25.7 Å². The van der Waals surface area contributed by atoms with E-state index in [4.69, 9.17) is 5.73 Å². The molecule has 2 N–H and O–H groups in total. The van der Waals surface area contributed by atoms with Crippen LogP contribution in [-0.4, -0.2) is 14.1 Å². The first-order chi connectivity index (χ1) is 8.82. The Kier molecular flexibility index (Phi) is 6.14. The minimum atomic E-state index is -1.56. The maximum Gasteiger partial charge on any atom is 0.145 e. The highest BCUT2D eigenvalue weighted by molar-refractivity contribution is 6.90. The molecule has 1 saturated carbocycles. The Balaban J connectivity index is 3.01. The minimum absolute atomic E-state index is 0.319. The van der Waals surface area contributed by atoms with Crippen molar-refractivity contribution in [1.82, 2.24) is 0 Å². The molecule has 0 aromatic carbocycles. The average molecular weight is 280 g/mol. The predicted octanol–water partition coefficient (Wildman–Crippen LogP) is 4.73. The summed E-state index contributed by atoms with van der Waals surface area (Å²) in [4.78, 5) is 0. The van der Waals surface area contributed by atoms with Crippen LogP contribution in [0.1, 0.15) is 67.2 Å². The average Bonchev–Trinajstić information content (AvgIpc) is 2.30.